The second kappa shape index (κ2) is 5.40. The predicted octanol–water partition coefficient (Wildman–Crippen LogP) is 1.58. The van der Waals surface area contributed by atoms with Crippen LogP contribution in [0.5, 0.6) is 0 Å². The average Bonchev–Trinajstić information content (AvgIpc) is 3.11. The van der Waals surface area contributed by atoms with Crippen LogP contribution in [0.4, 0.5) is 0 Å². The van der Waals surface area contributed by atoms with Gasteiger partial charge in [-0.3, -0.25) is 4.79 Å². The van der Waals surface area contributed by atoms with E-state index in [1.807, 2.05) is 12.1 Å². The number of rotatable bonds is 3. The predicted molar refractivity (Wildman–Crippen MR) is 73.4 cm³/mol. The lowest BCUT2D eigenvalue weighted by Gasteiger charge is -2.12. The Kier molecular flexibility index (Phi) is 3.45. The first-order valence-corrected chi connectivity index (χ1v) is 6.86. The first-order valence-electron chi connectivity index (χ1n) is 6.86. The third-order valence-corrected chi connectivity index (χ3v) is 3.77. The number of aromatic nitrogens is 4. The summed E-state index contributed by atoms with van der Waals surface area (Å²) in [6.07, 6.45) is 4.88. The van der Waals surface area contributed by atoms with Crippen molar-refractivity contribution in [3.05, 3.63) is 36.2 Å². The standard InChI is InChI=1S/C14H17N5O/c1-10-2-5-12(8-10)16-14(20)11-3-6-13(7-4-11)19-9-15-17-18-19/h3-4,6-7,9-10,12H,2,5,8H2,1H3,(H,16,20). The topological polar surface area (TPSA) is 72.7 Å². The van der Waals surface area contributed by atoms with Crippen molar-refractivity contribution in [3.8, 4) is 5.69 Å². The van der Waals surface area contributed by atoms with Gasteiger partial charge in [0.15, 0.2) is 0 Å². The summed E-state index contributed by atoms with van der Waals surface area (Å²) in [5, 5.41) is 14.1. The lowest BCUT2D eigenvalue weighted by Crippen LogP contribution is -2.32. The Morgan fingerprint density at radius 1 is 1.30 bits per heavy atom. The number of carbonyl (C=O) groups excluding carboxylic acids is 1. The van der Waals surface area contributed by atoms with Crippen LogP contribution in [0.3, 0.4) is 0 Å². The molecule has 2 atom stereocenters. The van der Waals surface area contributed by atoms with Crippen molar-refractivity contribution in [2.24, 2.45) is 5.92 Å². The Hall–Kier alpha value is -2.24. The quantitative estimate of drug-likeness (QED) is 0.920. The molecule has 1 aliphatic carbocycles. The van der Waals surface area contributed by atoms with E-state index < -0.39 is 0 Å². The van der Waals surface area contributed by atoms with Crippen molar-refractivity contribution in [1.29, 1.82) is 0 Å². The summed E-state index contributed by atoms with van der Waals surface area (Å²) < 4.78 is 1.56. The minimum absolute atomic E-state index is 0.00707. The van der Waals surface area contributed by atoms with Gasteiger partial charge in [0, 0.05) is 11.6 Å². The molecule has 1 heterocycles. The van der Waals surface area contributed by atoms with Crippen molar-refractivity contribution in [2.75, 3.05) is 0 Å². The molecule has 0 saturated heterocycles. The normalized spacial score (nSPS) is 21.9. The third kappa shape index (κ3) is 2.68. The molecule has 0 aliphatic heterocycles. The molecular weight excluding hydrogens is 254 g/mol. The van der Waals surface area contributed by atoms with Crippen LogP contribution in [-0.4, -0.2) is 32.2 Å². The van der Waals surface area contributed by atoms with Crippen molar-refractivity contribution in [3.63, 3.8) is 0 Å². The van der Waals surface area contributed by atoms with Gasteiger partial charge in [-0.15, -0.1) is 5.10 Å². The lowest BCUT2D eigenvalue weighted by atomic mass is 10.1. The Labute approximate surface area is 117 Å². The molecule has 1 aliphatic rings. The number of hydrogen-bond acceptors (Lipinski definition) is 4. The zero-order chi connectivity index (χ0) is 13.9. The minimum atomic E-state index is -0.00707. The fraction of sp³-hybridized carbons (Fsp3) is 0.429. The molecule has 6 nitrogen and oxygen atoms in total. The van der Waals surface area contributed by atoms with E-state index in [0.717, 1.165) is 18.5 Å². The van der Waals surface area contributed by atoms with Crippen LogP contribution in [0.25, 0.3) is 5.69 Å². The third-order valence-electron chi connectivity index (χ3n) is 3.77. The van der Waals surface area contributed by atoms with E-state index in [1.165, 1.54) is 12.7 Å². The molecule has 2 unspecified atom stereocenters. The van der Waals surface area contributed by atoms with Crippen LogP contribution in [-0.2, 0) is 0 Å². The summed E-state index contributed by atoms with van der Waals surface area (Å²) in [6.45, 7) is 2.23. The second-order valence-electron chi connectivity index (χ2n) is 5.39. The van der Waals surface area contributed by atoms with Gasteiger partial charge in [0.1, 0.15) is 6.33 Å². The highest BCUT2D eigenvalue weighted by Gasteiger charge is 2.22. The van der Waals surface area contributed by atoms with Crippen molar-refractivity contribution < 1.29 is 4.79 Å². The highest BCUT2D eigenvalue weighted by Crippen LogP contribution is 2.24. The molecule has 1 aromatic heterocycles. The van der Waals surface area contributed by atoms with E-state index in [2.05, 4.69) is 27.8 Å². The van der Waals surface area contributed by atoms with Gasteiger partial charge in [0.25, 0.3) is 5.91 Å². The minimum Gasteiger partial charge on any atom is -0.349 e. The lowest BCUT2D eigenvalue weighted by molar-refractivity contribution is 0.0937. The zero-order valence-corrected chi connectivity index (χ0v) is 11.4. The summed E-state index contributed by atoms with van der Waals surface area (Å²) in [6, 6.07) is 7.58. The molecule has 6 heteroatoms. The van der Waals surface area contributed by atoms with E-state index in [0.29, 0.717) is 17.5 Å². The van der Waals surface area contributed by atoms with Crippen LogP contribution in [0.1, 0.15) is 36.5 Å². The molecule has 1 aromatic carbocycles. The molecule has 104 valence electrons. The van der Waals surface area contributed by atoms with Crippen molar-refractivity contribution >= 4 is 5.91 Å². The second-order valence-corrected chi connectivity index (χ2v) is 5.39. The summed E-state index contributed by atoms with van der Waals surface area (Å²) in [7, 11) is 0. The van der Waals surface area contributed by atoms with E-state index in [1.54, 1.807) is 16.8 Å². The van der Waals surface area contributed by atoms with Crippen LogP contribution in [0.15, 0.2) is 30.6 Å². The molecule has 1 fully saturated rings. The van der Waals surface area contributed by atoms with Gasteiger partial charge in [0.05, 0.1) is 5.69 Å². The van der Waals surface area contributed by atoms with Gasteiger partial charge < -0.3 is 5.32 Å². The molecule has 0 spiro atoms. The van der Waals surface area contributed by atoms with Gasteiger partial charge in [-0.1, -0.05) is 6.92 Å². The highest BCUT2D eigenvalue weighted by molar-refractivity contribution is 5.94. The fourth-order valence-corrected chi connectivity index (χ4v) is 2.65. The Bertz CT molecular complexity index is 578. The summed E-state index contributed by atoms with van der Waals surface area (Å²) in [4.78, 5) is 12.1. The van der Waals surface area contributed by atoms with E-state index in [-0.39, 0.29) is 5.91 Å². The molecule has 1 N–H and O–H groups in total. The molecule has 1 amide bonds. The number of nitrogens with one attached hydrogen (secondary N) is 1. The maximum Gasteiger partial charge on any atom is 0.251 e. The molecule has 20 heavy (non-hydrogen) atoms. The van der Waals surface area contributed by atoms with Gasteiger partial charge in [-0.25, -0.2) is 4.68 Å². The number of amides is 1. The highest BCUT2D eigenvalue weighted by atomic mass is 16.1. The summed E-state index contributed by atoms with van der Waals surface area (Å²) >= 11 is 0. The van der Waals surface area contributed by atoms with E-state index in [9.17, 15) is 4.79 Å². The maximum absolute atomic E-state index is 12.1. The van der Waals surface area contributed by atoms with Crippen LogP contribution < -0.4 is 5.32 Å². The average molecular weight is 271 g/mol. The van der Waals surface area contributed by atoms with Crippen molar-refractivity contribution in [1.82, 2.24) is 25.5 Å². The number of benzene rings is 1. The molecule has 1 saturated carbocycles. The molecular formula is C14H17N5O. The SMILES string of the molecule is CC1CCC(NC(=O)c2ccc(-n3cnnn3)cc2)C1. The Balaban J connectivity index is 1.66. The van der Waals surface area contributed by atoms with Gasteiger partial charge in [0.2, 0.25) is 0 Å². The molecule has 3 rings (SSSR count). The van der Waals surface area contributed by atoms with Crippen LogP contribution >= 0.6 is 0 Å². The molecule has 2 aromatic rings. The van der Waals surface area contributed by atoms with Crippen LogP contribution in [0, 0.1) is 5.92 Å². The fourth-order valence-electron chi connectivity index (χ4n) is 2.65. The largest absolute Gasteiger partial charge is 0.349 e. The Morgan fingerprint density at radius 2 is 2.10 bits per heavy atom. The number of hydrogen-bond donors (Lipinski definition) is 1. The number of carbonyl (C=O) groups is 1. The molecule has 0 bridgehead atoms. The van der Waals surface area contributed by atoms with Crippen LogP contribution in [0.2, 0.25) is 0 Å². The summed E-state index contributed by atoms with van der Waals surface area (Å²) in [5.74, 6) is 0.704. The Morgan fingerprint density at radius 3 is 2.70 bits per heavy atom. The summed E-state index contributed by atoms with van der Waals surface area (Å²) in [5.41, 5.74) is 1.50. The number of nitrogens with zero attached hydrogens (tertiary/aromatic N) is 4. The van der Waals surface area contributed by atoms with Gasteiger partial charge in [-0.05, 0) is 59.9 Å². The first-order chi connectivity index (χ1) is 9.72. The first kappa shape index (κ1) is 12.8. The smallest absolute Gasteiger partial charge is 0.251 e. The maximum atomic E-state index is 12.1. The van der Waals surface area contributed by atoms with Gasteiger partial charge in [-0.2, -0.15) is 0 Å². The van der Waals surface area contributed by atoms with Gasteiger partial charge >= 0.3 is 0 Å². The van der Waals surface area contributed by atoms with E-state index in [4.69, 9.17) is 0 Å². The zero-order valence-electron chi connectivity index (χ0n) is 11.4. The van der Waals surface area contributed by atoms with E-state index >= 15 is 0 Å². The monoisotopic (exact) mass is 271 g/mol. The van der Waals surface area contributed by atoms with Crippen molar-refractivity contribution in [2.45, 2.75) is 32.2 Å². The number of tetrazole rings is 1. The molecule has 0 radical (unpaired) electrons.